The van der Waals surface area contributed by atoms with Crippen molar-refractivity contribution in [1.82, 2.24) is 4.31 Å². The lowest BCUT2D eigenvalue weighted by Gasteiger charge is -2.23. The number of hydrogen-bond acceptors (Lipinski definition) is 3. The molecule has 4 nitrogen and oxygen atoms in total. The van der Waals surface area contributed by atoms with Crippen LogP contribution in [0.1, 0.15) is 18.1 Å². The van der Waals surface area contributed by atoms with Gasteiger partial charge in [-0.2, -0.15) is 4.31 Å². The van der Waals surface area contributed by atoms with Gasteiger partial charge in [0.05, 0.1) is 12.4 Å². The van der Waals surface area contributed by atoms with Crippen molar-refractivity contribution in [2.75, 3.05) is 20.8 Å². The first kappa shape index (κ1) is 16.4. The molecule has 0 spiro atoms. The van der Waals surface area contributed by atoms with Crippen LogP contribution in [0.15, 0.2) is 24.3 Å². The smallest absolute Gasteiger partial charge is 0.218 e. The fraction of sp³-hybridized carbons (Fsp3) is 0.538. The van der Waals surface area contributed by atoms with Gasteiger partial charge in [0.15, 0.2) is 0 Å². The Morgan fingerprint density at radius 3 is 2.26 bits per heavy atom. The largest absolute Gasteiger partial charge is 0.383 e. The Morgan fingerprint density at radius 2 is 1.79 bits per heavy atom. The predicted octanol–water partition coefficient (Wildman–Crippen LogP) is 2.22. The first-order valence-electron chi connectivity index (χ1n) is 5.99. The molecule has 0 bridgehead atoms. The summed E-state index contributed by atoms with van der Waals surface area (Å²) in [7, 11) is -0.201. The highest BCUT2D eigenvalue weighted by molar-refractivity contribution is 7.88. The monoisotopic (exact) mass is 305 g/mol. The Morgan fingerprint density at radius 1 is 1.26 bits per heavy atom. The maximum absolute atomic E-state index is 12.2. The zero-order chi connectivity index (χ0) is 14.5. The van der Waals surface area contributed by atoms with Crippen LogP contribution in [0, 0.1) is 0 Å². The fourth-order valence-electron chi connectivity index (χ4n) is 1.66. The highest BCUT2D eigenvalue weighted by Gasteiger charge is 2.23. The molecule has 0 N–H and O–H groups in total. The van der Waals surface area contributed by atoms with E-state index in [0.717, 1.165) is 11.1 Å². The van der Waals surface area contributed by atoms with Gasteiger partial charge in [0.25, 0.3) is 0 Å². The van der Waals surface area contributed by atoms with Gasteiger partial charge in [-0.3, -0.25) is 0 Å². The van der Waals surface area contributed by atoms with E-state index in [4.69, 9.17) is 16.3 Å². The number of hydrogen-bond donors (Lipinski definition) is 0. The van der Waals surface area contributed by atoms with E-state index in [1.54, 1.807) is 26.3 Å². The Kier molecular flexibility index (Phi) is 6.26. The third-order valence-corrected chi connectivity index (χ3v) is 5.24. The Bertz CT molecular complexity index is 487. The minimum atomic E-state index is -3.33. The summed E-state index contributed by atoms with van der Waals surface area (Å²) in [5.41, 5.74) is 1.73. The summed E-state index contributed by atoms with van der Waals surface area (Å²) in [5.74, 6) is 0.415. The van der Waals surface area contributed by atoms with Gasteiger partial charge in [0, 0.05) is 26.1 Å². The molecule has 0 radical (unpaired) electrons. The highest BCUT2D eigenvalue weighted by Crippen LogP contribution is 2.14. The lowest BCUT2D eigenvalue weighted by molar-refractivity contribution is 0.149. The molecule has 0 amide bonds. The number of alkyl halides is 1. The van der Waals surface area contributed by atoms with E-state index in [0.29, 0.717) is 12.5 Å². The molecule has 0 fully saturated rings. The van der Waals surface area contributed by atoms with Crippen molar-refractivity contribution in [1.29, 1.82) is 0 Å². The number of methoxy groups -OCH3 is 1. The van der Waals surface area contributed by atoms with E-state index in [1.165, 1.54) is 4.31 Å². The van der Waals surface area contributed by atoms with E-state index in [9.17, 15) is 8.42 Å². The normalized spacial score (nSPS) is 13.7. The summed E-state index contributed by atoms with van der Waals surface area (Å²) >= 11 is 5.70. The van der Waals surface area contributed by atoms with Crippen molar-refractivity contribution in [2.45, 2.75) is 24.6 Å². The molecule has 6 heteroatoms. The number of sulfonamides is 1. The van der Waals surface area contributed by atoms with Gasteiger partial charge in [-0.15, -0.1) is 11.6 Å². The van der Waals surface area contributed by atoms with Crippen LogP contribution >= 0.6 is 11.6 Å². The lowest BCUT2D eigenvalue weighted by atomic mass is 10.2. The number of nitrogens with zero attached hydrogens (tertiary/aromatic N) is 1. The molecule has 1 rings (SSSR count). The Labute approximate surface area is 120 Å². The van der Waals surface area contributed by atoms with Crippen LogP contribution in [0.2, 0.25) is 0 Å². The molecular formula is C13H20ClNO3S. The van der Waals surface area contributed by atoms with E-state index in [2.05, 4.69) is 0 Å². The van der Waals surface area contributed by atoms with Crippen molar-refractivity contribution in [3.63, 3.8) is 0 Å². The van der Waals surface area contributed by atoms with Crippen LogP contribution in [-0.2, 0) is 26.4 Å². The molecule has 0 aliphatic heterocycles. The van der Waals surface area contributed by atoms with E-state index >= 15 is 0 Å². The van der Waals surface area contributed by atoms with Gasteiger partial charge >= 0.3 is 0 Å². The summed E-state index contributed by atoms with van der Waals surface area (Å²) in [5, 5.41) is 0. The van der Waals surface area contributed by atoms with Crippen LogP contribution < -0.4 is 0 Å². The molecule has 0 saturated carbocycles. The maximum Gasteiger partial charge on any atom is 0.218 e. The zero-order valence-corrected chi connectivity index (χ0v) is 13.0. The second kappa shape index (κ2) is 7.24. The maximum atomic E-state index is 12.2. The predicted molar refractivity (Wildman–Crippen MR) is 77.7 cm³/mol. The molecule has 1 unspecified atom stereocenters. The van der Waals surface area contributed by atoms with Crippen LogP contribution in [0.3, 0.4) is 0 Å². The summed E-state index contributed by atoms with van der Waals surface area (Å²) < 4.78 is 30.8. The first-order chi connectivity index (χ1) is 8.90. The van der Waals surface area contributed by atoms with Crippen molar-refractivity contribution < 1.29 is 13.2 Å². The van der Waals surface area contributed by atoms with Gasteiger partial charge in [0.2, 0.25) is 10.0 Å². The quantitative estimate of drug-likeness (QED) is 0.726. The Hall–Kier alpha value is -0.620. The van der Waals surface area contributed by atoms with E-state index < -0.39 is 10.0 Å². The van der Waals surface area contributed by atoms with Crippen molar-refractivity contribution in [3.05, 3.63) is 35.4 Å². The van der Waals surface area contributed by atoms with Crippen LogP contribution in [0.25, 0.3) is 0 Å². The molecule has 1 aromatic rings. The molecule has 0 heterocycles. The average molecular weight is 306 g/mol. The lowest BCUT2D eigenvalue weighted by Crippen LogP contribution is -2.38. The zero-order valence-electron chi connectivity index (χ0n) is 11.5. The van der Waals surface area contributed by atoms with Crippen molar-refractivity contribution in [2.24, 2.45) is 0 Å². The first-order valence-corrected chi connectivity index (χ1v) is 8.13. The molecule has 108 valence electrons. The third kappa shape index (κ3) is 4.76. The topological polar surface area (TPSA) is 46.6 Å². The standard InChI is InChI=1S/C13H20ClNO3S/c1-11(9-18-3)15(2)19(16,17)10-13-6-4-12(8-14)5-7-13/h4-7,11H,8-10H2,1-3H3. The SMILES string of the molecule is COCC(C)N(C)S(=O)(=O)Cc1ccc(CCl)cc1. The van der Waals surface area contributed by atoms with Gasteiger partial charge in [-0.25, -0.2) is 8.42 Å². The number of ether oxygens (including phenoxy) is 1. The van der Waals surface area contributed by atoms with Gasteiger partial charge in [-0.05, 0) is 18.1 Å². The molecule has 1 atom stereocenters. The molecule has 0 saturated heterocycles. The number of benzene rings is 1. The van der Waals surface area contributed by atoms with Crippen molar-refractivity contribution in [3.8, 4) is 0 Å². The summed E-state index contributed by atoms with van der Waals surface area (Å²) in [6.45, 7) is 2.19. The highest BCUT2D eigenvalue weighted by atomic mass is 35.5. The molecule has 0 aliphatic carbocycles. The number of halogens is 1. The van der Waals surface area contributed by atoms with Gasteiger partial charge < -0.3 is 4.74 Å². The fourth-order valence-corrected chi connectivity index (χ4v) is 3.26. The molecule has 19 heavy (non-hydrogen) atoms. The molecule has 0 aromatic heterocycles. The second-order valence-corrected chi connectivity index (χ2v) is 6.82. The Balaban J connectivity index is 2.77. The average Bonchev–Trinajstić information content (AvgIpc) is 2.38. The molecule has 1 aromatic carbocycles. The van der Waals surface area contributed by atoms with Crippen LogP contribution in [0.4, 0.5) is 0 Å². The van der Waals surface area contributed by atoms with E-state index in [-0.39, 0.29) is 11.8 Å². The summed E-state index contributed by atoms with van der Waals surface area (Å²) in [6, 6.07) is 7.10. The molecular weight excluding hydrogens is 286 g/mol. The number of likely N-dealkylation sites (N-methyl/N-ethyl adjacent to an activating group) is 1. The minimum absolute atomic E-state index is 0.0138. The van der Waals surface area contributed by atoms with E-state index in [1.807, 2.05) is 19.1 Å². The van der Waals surface area contributed by atoms with Gasteiger partial charge in [-0.1, -0.05) is 24.3 Å². The minimum Gasteiger partial charge on any atom is -0.383 e. The third-order valence-electron chi connectivity index (χ3n) is 2.99. The summed E-state index contributed by atoms with van der Waals surface area (Å²) in [4.78, 5) is 0. The van der Waals surface area contributed by atoms with Crippen molar-refractivity contribution >= 4 is 21.6 Å². The van der Waals surface area contributed by atoms with Crippen LogP contribution in [-0.4, -0.2) is 39.5 Å². The van der Waals surface area contributed by atoms with Crippen LogP contribution in [0.5, 0.6) is 0 Å². The molecule has 0 aliphatic rings. The summed E-state index contributed by atoms with van der Waals surface area (Å²) in [6.07, 6.45) is 0. The number of rotatable bonds is 7. The van der Waals surface area contributed by atoms with Gasteiger partial charge in [0.1, 0.15) is 0 Å². The second-order valence-electron chi connectivity index (χ2n) is 4.53.